The summed E-state index contributed by atoms with van der Waals surface area (Å²) in [5.74, 6) is 0. The minimum atomic E-state index is -1.84. The van der Waals surface area contributed by atoms with Gasteiger partial charge in [0.1, 0.15) is 0 Å². The van der Waals surface area contributed by atoms with Gasteiger partial charge in [0.05, 0.1) is 36.5 Å². The van der Waals surface area contributed by atoms with Crippen LogP contribution in [0.25, 0.3) is 0 Å². The normalized spacial score (nSPS) is 16.9. The molecule has 0 aromatic heterocycles. The second-order valence-corrected chi connectivity index (χ2v) is 91.9. The second kappa shape index (κ2) is 18.4. The fraction of sp³-hybridized carbons (Fsp3) is 1.00. The third-order valence-corrected chi connectivity index (χ3v) is 184. The van der Waals surface area contributed by atoms with E-state index >= 15 is 0 Å². The topological polar surface area (TPSA) is 0 Å². The molecule has 0 unspecified atom stereocenters. The molecule has 0 nitrogen and oxygen atoms in total. The van der Waals surface area contributed by atoms with E-state index < -0.39 is 36.5 Å². The number of unbranched alkanes of at least 4 members (excludes halogenated alkanes) is 6. The SMILES string of the molecule is CCCC[Si](CCCC)(CCCC)[Si]1=[Si]([Si](CCCC)(CCCC)CCCC)[Si]1([Si](C)(C(C)(C)C)C(C)(C)C)[Si](C)(C(C)(C)C)C(C)(C)C. The van der Waals surface area contributed by atoms with Crippen molar-refractivity contribution in [2.24, 2.45) is 0 Å². The molecule has 1 aliphatic rings. The maximum Gasteiger partial charge on any atom is 0.0557 e. The quantitative estimate of drug-likeness (QED) is 0.0958. The van der Waals surface area contributed by atoms with Gasteiger partial charge >= 0.3 is 0 Å². The van der Waals surface area contributed by atoms with Gasteiger partial charge in [0.25, 0.3) is 0 Å². The molecule has 0 aromatic carbocycles. The van der Waals surface area contributed by atoms with Crippen LogP contribution in [0.15, 0.2) is 0 Å². The van der Waals surface area contributed by atoms with E-state index in [1.807, 2.05) is 0 Å². The zero-order chi connectivity index (χ0) is 38.4. The Hall–Kier alpha value is 1.52. The lowest BCUT2D eigenvalue weighted by atomic mass is 10.2. The van der Waals surface area contributed by atoms with E-state index in [1.54, 1.807) is 74.8 Å². The zero-order valence-corrected chi connectivity index (χ0v) is 45.2. The van der Waals surface area contributed by atoms with Gasteiger partial charge in [-0.15, -0.1) is 0 Å². The summed E-state index contributed by atoms with van der Waals surface area (Å²) in [6, 6.07) is 10.5. The molecule has 0 aromatic rings. The molecule has 7 heteroatoms. The Morgan fingerprint density at radius 2 is 0.510 bits per heavy atom. The molecular weight excluding hydrogens is 701 g/mol. The highest BCUT2D eigenvalue weighted by Crippen LogP contribution is 2.69. The summed E-state index contributed by atoms with van der Waals surface area (Å²) in [7, 11) is -6.63. The highest BCUT2D eigenvalue weighted by Gasteiger charge is 2.85. The van der Waals surface area contributed by atoms with E-state index in [0.717, 1.165) is 0 Å². The van der Waals surface area contributed by atoms with Crippen LogP contribution in [0.3, 0.4) is 0 Å². The molecule has 1 rings (SSSR count). The van der Waals surface area contributed by atoms with Crippen LogP contribution in [-0.4, -0.2) is 50.4 Å². The minimum Gasteiger partial charge on any atom is -0.0705 e. The van der Waals surface area contributed by atoms with Gasteiger partial charge in [-0.25, -0.2) is 0 Å². The van der Waals surface area contributed by atoms with Gasteiger partial charge in [-0.05, 0) is 34.0 Å². The lowest BCUT2D eigenvalue weighted by molar-refractivity contribution is 0.626. The third-order valence-electron chi connectivity index (χ3n) is 15.6. The molecule has 0 saturated heterocycles. The summed E-state index contributed by atoms with van der Waals surface area (Å²) < 4.78 is 0. The highest BCUT2D eigenvalue weighted by atomic mass is 30.5. The molecule has 0 atom stereocenters. The van der Waals surface area contributed by atoms with E-state index in [9.17, 15) is 0 Å². The Morgan fingerprint density at radius 1 is 0.347 bits per heavy atom. The molecule has 0 spiro atoms. The zero-order valence-electron chi connectivity index (χ0n) is 38.2. The molecule has 0 aliphatic carbocycles. The summed E-state index contributed by atoms with van der Waals surface area (Å²) in [5.41, 5.74) is 0. The van der Waals surface area contributed by atoms with Crippen LogP contribution in [0, 0.1) is 0 Å². The highest BCUT2D eigenvalue weighted by molar-refractivity contribution is 8.29. The Labute approximate surface area is 319 Å². The fourth-order valence-corrected chi connectivity index (χ4v) is 373. The summed E-state index contributed by atoms with van der Waals surface area (Å²) in [4.78, 5) is 0. The lowest BCUT2D eigenvalue weighted by Crippen LogP contribution is -2.86. The van der Waals surface area contributed by atoms with E-state index in [-0.39, 0.29) is 13.9 Å². The van der Waals surface area contributed by atoms with Gasteiger partial charge in [-0.1, -0.05) is 251 Å². The summed E-state index contributed by atoms with van der Waals surface area (Å²) >= 11 is 0. The van der Waals surface area contributed by atoms with E-state index in [1.165, 1.54) is 38.5 Å². The largest absolute Gasteiger partial charge is 0.0705 e. The molecule has 0 saturated carbocycles. The van der Waals surface area contributed by atoms with Gasteiger partial charge in [-0.2, -0.15) is 0 Å². The van der Waals surface area contributed by atoms with Crippen LogP contribution in [0.1, 0.15) is 202 Å². The third kappa shape index (κ3) is 8.99. The van der Waals surface area contributed by atoms with Crippen molar-refractivity contribution < 1.29 is 0 Å². The van der Waals surface area contributed by atoms with Crippen molar-refractivity contribution >= 4 is 50.4 Å². The summed E-state index contributed by atoms with van der Waals surface area (Å²) in [6.45, 7) is 55.3. The standard InChI is InChI=1S/C42H96Si7/c1-21-27-33-47(34-28-22-2,35-29-23-3)43-44(48(36-30-24-4,37-31-25-5)38-32-26-6)49(43,45(19,39(7,8)9)40(10,11)12)46(20,41(13,14)15)42(16,17)18/h21-38H2,1-20H3. The van der Waals surface area contributed by atoms with Crippen LogP contribution in [-0.2, 0) is 0 Å². The van der Waals surface area contributed by atoms with Crippen molar-refractivity contribution in [1.29, 1.82) is 0 Å². The smallest absolute Gasteiger partial charge is 0.0557 e. The van der Waals surface area contributed by atoms with Gasteiger partial charge in [0.2, 0.25) is 0 Å². The van der Waals surface area contributed by atoms with E-state index in [0.29, 0.717) is 20.2 Å². The first-order valence-corrected chi connectivity index (χ1v) is 44.4. The Bertz CT molecular complexity index is 878. The Kier molecular flexibility index (Phi) is 18.3. The van der Waals surface area contributed by atoms with E-state index in [4.69, 9.17) is 0 Å². The molecule has 0 amide bonds. The van der Waals surface area contributed by atoms with Crippen molar-refractivity contribution in [1.82, 2.24) is 0 Å². The Morgan fingerprint density at radius 3 is 0.633 bits per heavy atom. The van der Waals surface area contributed by atoms with Crippen molar-refractivity contribution in [3.8, 4) is 0 Å². The van der Waals surface area contributed by atoms with Crippen molar-refractivity contribution in [2.75, 3.05) is 0 Å². The molecule has 0 radical (unpaired) electrons. The number of hydrogen-bond donors (Lipinski definition) is 0. The first kappa shape index (κ1) is 48.5. The van der Waals surface area contributed by atoms with Crippen LogP contribution in [0.5, 0.6) is 0 Å². The van der Waals surface area contributed by atoms with Gasteiger partial charge in [-0.3, -0.25) is 0 Å². The maximum atomic E-state index is 3.21. The average molecular weight is 798 g/mol. The van der Waals surface area contributed by atoms with Gasteiger partial charge < -0.3 is 0 Å². The number of rotatable bonds is 22. The predicted octanol–water partition coefficient (Wildman–Crippen LogP) is 16.0. The first-order valence-electron chi connectivity index (χ1n) is 22.1. The summed E-state index contributed by atoms with van der Waals surface area (Å²) in [6.07, 6.45) is 16.3. The van der Waals surface area contributed by atoms with Crippen LogP contribution >= 0.6 is 0 Å². The number of hydrogen-bond acceptors (Lipinski definition) is 0. The second-order valence-electron chi connectivity index (χ2n) is 21.9. The maximum absolute atomic E-state index is 3.21. The molecule has 0 bridgehead atoms. The van der Waals surface area contributed by atoms with Crippen LogP contribution in [0.4, 0.5) is 0 Å². The molecule has 1 aliphatic heterocycles. The predicted molar refractivity (Wildman–Crippen MR) is 249 cm³/mol. The minimum absolute atomic E-state index is 0.360. The first-order chi connectivity index (χ1) is 22.4. The monoisotopic (exact) mass is 797 g/mol. The molecule has 1 heterocycles. The van der Waals surface area contributed by atoms with Crippen molar-refractivity contribution in [3.63, 3.8) is 0 Å². The molecular formula is C42H96Si7. The summed E-state index contributed by atoms with van der Waals surface area (Å²) in [5, 5.41) is 1.91. The van der Waals surface area contributed by atoms with Gasteiger partial charge in [0.15, 0.2) is 0 Å². The van der Waals surface area contributed by atoms with E-state index in [2.05, 4.69) is 138 Å². The fourth-order valence-electron chi connectivity index (χ4n) is 12.2. The molecule has 49 heavy (non-hydrogen) atoms. The van der Waals surface area contributed by atoms with Gasteiger partial charge in [0, 0.05) is 0 Å². The molecule has 0 fully saturated rings. The van der Waals surface area contributed by atoms with Crippen molar-refractivity contribution in [3.05, 3.63) is 0 Å². The van der Waals surface area contributed by atoms with Crippen LogP contribution < -0.4 is 0 Å². The van der Waals surface area contributed by atoms with Crippen molar-refractivity contribution in [2.45, 2.75) is 271 Å². The molecule has 0 N–H and O–H groups in total. The average Bonchev–Trinajstić information content (AvgIpc) is 3.70. The molecule has 292 valence electrons. The van der Waals surface area contributed by atoms with Crippen LogP contribution in [0.2, 0.25) is 69.5 Å². The lowest BCUT2D eigenvalue weighted by Gasteiger charge is -2.68. The Balaban J connectivity index is 5.08.